The van der Waals surface area contributed by atoms with E-state index in [0.717, 1.165) is 25.1 Å². The molecule has 1 aromatic rings. The van der Waals surface area contributed by atoms with Crippen LogP contribution in [0, 0.1) is 12.3 Å². The highest BCUT2D eigenvalue weighted by molar-refractivity contribution is 7.09. The van der Waals surface area contributed by atoms with Gasteiger partial charge in [0.05, 0.1) is 30.5 Å². The highest BCUT2D eigenvalue weighted by atomic mass is 32.1. The van der Waals surface area contributed by atoms with Crippen molar-refractivity contribution in [1.82, 2.24) is 10.3 Å². The van der Waals surface area contributed by atoms with Crippen LogP contribution in [-0.2, 0) is 11.2 Å². The van der Waals surface area contributed by atoms with Gasteiger partial charge in [0.25, 0.3) is 0 Å². The van der Waals surface area contributed by atoms with Crippen molar-refractivity contribution < 1.29 is 14.9 Å². The zero-order valence-corrected chi connectivity index (χ0v) is 14.1. The summed E-state index contributed by atoms with van der Waals surface area (Å²) in [6.07, 6.45) is 1.10. The molecule has 1 heterocycles. The van der Waals surface area contributed by atoms with Gasteiger partial charge in [-0.3, -0.25) is 0 Å². The average molecular weight is 316 g/mol. The molecule has 0 aliphatic heterocycles. The van der Waals surface area contributed by atoms with Crippen LogP contribution < -0.4 is 5.32 Å². The van der Waals surface area contributed by atoms with E-state index in [2.05, 4.69) is 24.1 Å². The summed E-state index contributed by atoms with van der Waals surface area (Å²) in [4.78, 5) is 5.44. The minimum Gasteiger partial charge on any atom is -0.396 e. The van der Waals surface area contributed by atoms with Crippen LogP contribution >= 0.6 is 11.3 Å². The first-order valence-electron chi connectivity index (χ1n) is 7.41. The normalized spacial score (nSPS) is 13.6. The molecule has 0 bridgehead atoms. The molecule has 0 saturated carbocycles. The molecule has 0 fully saturated rings. The molecule has 0 saturated heterocycles. The number of aliphatic hydroxyl groups is 2. The van der Waals surface area contributed by atoms with Gasteiger partial charge in [0.1, 0.15) is 0 Å². The standard InChI is InChI=1S/C15H28N2O3S/c1-12-14(21-11-17-12)4-7-20-9-13(19)8-16-10-15(2,3)5-6-18/h11,13,16,18-19H,4-10H2,1-3H3. The zero-order chi connectivity index (χ0) is 15.7. The van der Waals surface area contributed by atoms with E-state index < -0.39 is 6.10 Å². The number of thiazole rings is 1. The Morgan fingerprint density at radius 3 is 2.86 bits per heavy atom. The largest absolute Gasteiger partial charge is 0.396 e. The van der Waals surface area contributed by atoms with Gasteiger partial charge >= 0.3 is 0 Å². The number of hydrogen-bond donors (Lipinski definition) is 3. The molecule has 0 amide bonds. The molecular weight excluding hydrogens is 288 g/mol. The van der Waals surface area contributed by atoms with Gasteiger partial charge in [0, 0.05) is 31.0 Å². The Labute approximate surface area is 131 Å². The van der Waals surface area contributed by atoms with Crippen LogP contribution in [0.3, 0.4) is 0 Å². The Morgan fingerprint density at radius 2 is 2.24 bits per heavy atom. The van der Waals surface area contributed by atoms with E-state index in [0.29, 0.717) is 19.8 Å². The first kappa shape index (κ1) is 18.5. The van der Waals surface area contributed by atoms with Crippen molar-refractivity contribution in [2.24, 2.45) is 5.41 Å². The monoisotopic (exact) mass is 316 g/mol. The van der Waals surface area contributed by atoms with Crippen LogP contribution in [0.5, 0.6) is 0 Å². The highest BCUT2D eigenvalue weighted by Crippen LogP contribution is 2.17. The van der Waals surface area contributed by atoms with Crippen LogP contribution in [0.25, 0.3) is 0 Å². The molecule has 3 N–H and O–H groups in total. The smallest absolute Gasteiger partial charge is 0.0897 e. The lowest BCUT2D eigenvalue weighted by Gasteiger charge is -2.24. The second-order valence-corrected chi connectivity index (χ2v) is 7.05. The molecule has 0 aromatic carbocycles. The molecule has 21 heavy (non-hydrogen) atoms. The molecule has 5 nitrogen and oxygen atoms in total. The molecule has 122 valence electrons. The lowest BCUT2D eigenvalue weighted by molar-refractivity contribution is 0.0371. The first-order chi connectivity index (χ1) is 9.94. The van der Waals surface area contributed by atoms with Gasteiger partial charge < -0.3 is 20.3 Å². The number of rotatable bonds is 11. The fourth-order valence-corrected chi connectivity index (χ4v) is 2.74. The van der Waals surface area contributed by atoms with Gasteiger partial charge in [-0.25, -0.2) is 4.98 Å². The molecule has 0 aliphatic carbocycles. The fourth-order valence-electron chi connectivity index (χ4n) is 1.98. The van der Waals surface area contributed by atoms with E-state index in [-0.39, 0.29) is 12.0 Å². The van der Waals surface area contributed by atoms with Crippen molar-refractivity contribution >= 4 is 11.3 Å². The van der Waals surface area contributed by atoms with Crippen molar-refractivity contribution in [3.05, 3.63) is 16.1 Å². The second-order valence-electron chi connectivity index (χ2n) is 6.11. The summed E-state index contributed by atoms with van der Waals surface area (Å²) in [6.45, 7) is 8.60. The summed E-state index contributed by atoms with van der Waals surface area (Å²) in [5.74, 6) is 0. The quantitative estimate of drug-likeness (QED) is 0.538. The van der Waals surface area contributed by atoms with Crippen molar-refractivity contribution in [2.45, 2.75) is 39.7 Å². The summed E-state index contributed by atoms with van der Waals surface area (Å²) >= 11 is 1.64. The van der Waals surface area contributed by atoms with Gasteiger partial charge in [-0.15, -0.1) is 11.3 Å². The maximum Gasteiger partial charge on any atom is 0.0897 e. The summed E-state index contributed by atoms with van der Waals surface area (Å²) in [7, 11) is 0. The Kier molecular flexibility index (Phi) is 8.36. The maximum atomic E-state index is 9.84. The van der Waals surface area contributed by atoms with Crippen LogP contribution in [-0.4, -0.2) is 54.2 Å². The first-order valence-corrected chi connectivity index (χ1v) is 8.29. The van der Waals surface area contributed by atoms with Crippen LogP contribution in [0.15, 0.2) is 5.51 Å². The Bertz CT molecular complexity index is 396. The van der Waals surface area contributed by atoms with Crippen LogP contribution in [0.4, 0.5) is 0 Å². The maximum absolute atomic E-state index is 9.84. The highest BCUT2D eigenvalue weighted by Gasteiger charge is 2.17. The summed E-state index contributed by atoms with van der Waals surface area (Å²) in [5.41, 5.74) is 2.95. The Hall–Kier alpha value is -0.530. The number of aliphatic hydroxyl groups excluding tert-OH is 2. The Balaban J connectivity index is 2.06. The van der Waals surface area contributed by atoms with Crippen molar-refractivity contribution in [3.8, 4) is 0 Å². The number of aromatic nitrogens is 1. The van der Waals surface area contributed by atoms with Gasteiger partial charge in [-0.05, 0) is 18.8 Å². The molecule has 0 spiro atoms. The van der Waals surface area contributed by atoms with Gasteiger partial charge in [-0.1, -0.05) is 13.8 Å². The third-order valence-electron chi connectivity index (χ3n) is 3.40. The number of aryl methyl sites for hydroxylation is 1. The summed E-state index contributed by atoms with van der Waals surface area (Å²) in [6, 6.07) is 0. The third-order valence-corrected chi connectivity index (χ3v) is 4.40. The minimum atomic E-state index is -0.502. The molecule has 0 aliphatic rings. The molecule has 1 rings (SSSR count). The summed E-state index contributed by atoms with van der Waals surface area (Å²) < 4.78 is 5.50. The zero-order valence-electron chi connectivity index (χ0n) is 13.3. The minimum absolute atomic E-state index is 0.0407. The van der Waals surface area contributed by atoms with E-state index in [9.17, 15) is 5.11 Å². The lowest BCUT2D eigenvalue weighted by Crippen LogP contribution is -2.37. The molecule has 0 radical (unpaired) electrons. The van der Waals surface area contributed by atoms with E-state index in [4.69, 9.17) is 9.84 Å². The molecular formula is C15H28N2O3S. The topological polar surface area (TPSA) is 74.6 Å². The van der Waals surface area contributed by atoms with Crippen LogP contribution in [0.1, 0.15) is 30.8 Å². The van der Waals surface area contributed by atoms with Gasteiger partial charge in [0.2, 0.25) is 0 Å². The average Bonchev–Trinajstić information content (AvgIpc) is 2.80. The number of ether oxygens (including phenoxy) is 1. The molecule has 1 aromatic heterocycles. The van der Waals surface area contributed by atoms with E-state index in [1.807, 2.05) is 12.4 Å². The summed E-state index contributed by atoms with van der Waals surface area (Å²) in [5, 5.41) is 22.0. The third kappa shape index (κ3) is 7.87. The fraction of sp³-hybridized carbons (Fsp3) is 0.800. The predicted octanol–water partition coefficient (Wildman–Crippen LogP) is 1.37. The van der Waals surface area contributed by atoms with E-state index in [1.165, 1.54) is 4.88 Å². The number of hydrogen-bond acceptors (Lipinski definition) is 6. The SMILES string of the molecule is Cc1ncsc1CCOCC(O)CNCC(C)(C)CCO. The predicted molar refractivity (Wildman–Crippen MR) is 85.7 cm³/mol. The van der Waals surface area contributed by atoms with Crippen molar-refractivity contribution in [1.29, 1.82) is 0 Å². The Morgan fingerprint density at radius 1 is 1.48 bits per heavy atom. The van der Waals surface area contributed by atoms with E-state index in [1.54, 1.807) is 11.3 Å². The molecule has 1 atom stereocenters. The molecule has 1 unspecified atom stereocenters. The lowest BCUT2D eigenvalue weighted by atomic mass is 9.90. The van der Waals surface area contributed by atoms with Crippen molar-refractivity contribution in [2.75, 3.05) is 32.9 Å². The second kappa shape index (κ2) is 9.48. The van der Waals surface area contributed by atoms with Crippen LogP contribution in [0.2, 0.25) is 0 Å². The van der Waals surface area contributed by atoms with Crippen molar-refractivity contribution in [3.63, 3.8) is 0 Å². The van der Waals surface area contributed by atoms with E-state index >= 15 is 0 Å². The number of nitrogens with zero attached hydrogens (tertiary/aromatic N) is 1. The molecule has 6 heteroatoms. The number of nitrogens with one attached hydrogen (secondary N) is 1. The van der Waals surface area contributed by atoms with Gasteiger partial charge in [0.15, 0.2) is 0 Å². The van der Waals surface area contributed by atoms with Gasteiger partial charge in [-0.2, -0.15) is 0 Å².